The first kappa shape index (κ1) is 11.4. The Balaban J connectivity index is 1.97. The zero-order chi connectivity index (χ0) is 11.9. The van der Waals surface area contributed by atoms with Crippen molar-refractivity contribution in [3.8, 4) is 5.75 Å². The molecule has 2 heterocycles. The summed E-state index contributed by atoms with van der Waals surface area (Å²) in [6, 6.07) is 8.35. The Bertz CT molecular complexity index is 422. The average molecular weight is 249 g/mol. The molecule has 0 radical (unpaired) electrons. The number of hydrogen-bond acceptors (Lipinski definition) is 3. The molecule has 1 fully saturated rings. The fourth-order valence-electron chi connectivity index (χ4n) is 3.01. The Labute approximate surface area is 107 Å². The van der Waals surface area contributed by atoms with Gasteiger partial charge in [0.15, 0.2) is 0 Å². The van der Waals surface area contributed by atoms with Gasteiger partial charge in [-0.15, -0.1) is 0 Å². The molecule has 1 saturated heterocycles. The molecule has 1 aromatic rings. The molecule has 17 heavy (non-hydrogen) atoms. The van der Waals surface area contributed by atoms with E-state index in [1.165, 1.54) is 17.7 Å². The molecule has 1 spiro atoms. The molecule has 0 aliphatic carbocycles. The highest BCUT2D eigenvalue weighted by Gasteiger charge is 2.45. The van der Waals surface area contributed by atoms with Gasteiger partial charge >= 0.3 is 0 Å². The molecule has 0 bridgehead atoms. The van der Waals surface area contributed by atoms with Gasteiger partial charge in [-0.05, 0) is 31.6 Å². The molecule has 3 atom stereocenters. The van der Waals surface area contributed by atoms with Gasteiger partial charge in [0, 0.05) is 23.3 Å². The Kier molecular flexibility index (Phi) is 2.83. The van der Waals surface area contributed by atoms with Crippen LogP contribution in [0.4, 0.5) is 0 Å². The highest BCUT2D eigenvalue weighted by atomic mass is 32.2. The van der Waals surface area contributed by atoms with E-state index in [4.69, 9.17) is 10.5 Å². The topological polar surface area (TPSA) is 35.2 Å². The van der Waals surface area contributed by atoms with Crippen LogP contribution >= 0.6 is 11.8 Å². The number of fused-ring (bicyclic) bond motifs is 1. The van der Waals surface area contributed by atoms with Gasteiger partial charge in [0.25, 0.3) is 0 Å². The molecule has 2 unspecified atom stereocenters. The van der Waals surface area contributed by atoms with Crippen LogP contribution in [-0.2, 0) is 0 Å². The quantitative estimate of drug-likeness (QED) is 0.767. The second-order valence-corrected chi connectivity index (χ2v) is 6.58. The van der Waals surface area contributed by atoms with E-state index in [1.54, 1.807) is 0 Å². The minimum Gasteiger partial charge on any atom is -0.486 e. The maximum absolute atomic E-state index is 6.34. The third-order valence-electron chi connectivity index (χ3n) is 4.05. The number of ether oxygens (including phenoxy) is 1. The normalized spacial score (nSPS) is 36.4. The number of thioether (sulfide) groups is 1. The minimum atomic E-state index is -0.0311. The number of nitrogens with two attached hydrogens (primary N) is 1. The van der Waals surface area contributed by atoms with E-state index in [1.807, 2.05) is 23.9 Å². The molecule has 3 heteroatoms. The smallest absolute Gasteiger partial charge is 0.124 e. The third-order valence-corrected chi connectivity index (χ3v) is 5.50. The Morgan fingerprint density at radius 2 is 2.24 bits per heavy atom. The van der Waals surface area contributed by atoms with Crippen LogP contribution in [0.1, 0.15) is 37.8 Å². The van der Waals surface area contributed by atoms with Crippen molar-refractivity contribution >= 4 is 11.8 Å². The Morgan fingerprint density at radius 3 is 3.06 bits per heavy atom. The maximum atomic E-state index is 6.34. The summed E-state index contributed by atoms with van der Waals surface area (Å²) in [6.45, 7) is 2.28. The zero-order valence-corrected chi connectivity index (χ0v) is 11.0. The summed E-state index contributed by atoms with van der Waals surface area (Å²) in [5.41, 5.74) is 7.46. The van der Waals surface area contributed by atoms with Crippen LogP contribution in [0.15, 0.2) is 24.3 Å². The molecule has 2 nitrogen and oxygen atoms in total. The second-order valence-electron chi connectivity index (χ2n) is 5.13. The first-order valence-electron chi connectivity index (χ1n) is 6.36. The average Bonchev–Trinajstić information content (AvgIpc) is 2.33. The summed E-state index contributed by atoms with van der Waals surface area (Å²) in [6.07, 6.45) is 3.34. The molecule has 2 N–H and O–H groups in total. The van der Waals surface area contributed by atoms with Gasteiger partial charge in [0.2, 0.25) is 0 Å². The van der Waals surface area contributed by atoms with Gasteiger partial charge in [-0.1, -0.05) is 18.2 Å². The fraction of sp³-hybridized carbons (Fsp3) is 0.571. The summed E-state index contributed by atoms with van der Waals surface area (Å²) >= 11 is 2.02. The SMILES string of the molecule is CC1SCCCC12C[C@@H](N)c1ccccc1O2. The lowest BCUT2D eigenvalue weighted by Crippen LogP contribution is -2.51. The van der Waals surface area contributed by atoms with E-state index in [2.05, 4.69) is 19.1 Å². The van der Waals surface area contributed by atoms with Gasteiger partial charge < -0.3 is 10.5 Å². The Morgan fingerprint density at radius 1 is 1.41 bits per heavy atom. The van der Waals surface area contributed by atoms with E-state index in [0.717, 1.165) is 18.6 Å². The maximum Gasteiger partial charge on any atom is 0.124 e. The van der Waals surface area contributed by atoms with E-state index >= 15 is 0 Å². The van der Waals surface area contributed by atoms with Gasteiger partial charge in [0.05, 0.1) is 0 Å². The predicted octanol–water partition coefficient (Wildman–Crippen LogP) is 3.12. The zero-order valence-electron chi connectivity index (χ0n) is 10.2. The summed E-state index contributed by atoms with van der Waals surface area (Å²) in [4.78, 5) is 0. The van der Waals surface area contributed by atoms with E-state index in [9.17, 15) is 0 Å². The summed E-state index contributed by atoms with van der Waals surface area (Å²) in [5, 5.41) is 0.538. The molecule has 0 amide bonds. The summed E-state index contributed by atoms with van der Waals surface area (Å²) in [7, 11) is 0. The summed E-state index contributed by atoms with van der Waals surface area (Å²) < 4.78 is 6.34. The van der Waals surface area contributed by atoms with Crippen molar-refractivity contribution in [1.82, 2.24) is 0 Å². The van der Waals surface area contributed by atoms with E-state index in [-0.39, 0.29) is 11.6 Å². The first-order valence-corrected chi connectivity index (χ1v) is 7.41. The van der Waals surface area contributed by atoms with Crippen molar-refractivity contribution in [3.05, 3.63) is 29.8 Å². The molecule has 2 aliphatic heterocycles. The number of rotatable bonds is 0. The van der Waals surface area contributed by atoms with Crippen molar-refractivity contribution < 1.29 is 4.74 Å². The highest BCUT2D eigenvalue weighted by molar-refractivity contribution is 8.00. The minimum absolute atomic E-state index is 0.0311. The molecule has 3 rings (SSSR count). The van der Waals surface area contributed by atoms with Crippen molar-refractivity contribution in [2.24, 2.45) is 5.73 Å². The molecule has 2 aliphatic rings. The van der Waals surface area contributed by atoms with Gasteiger partial charge in [-0.2, -0.15) is 11.8 Å². The van der Waals surface area contributed by atoms with Crippen LogP contribution in [0.3, 0.4) is 0 Å². The van der Waals surface area contributed by atoms with Crippen LogP contribution in [-0.4, -0.2) is 16.6 Å². The lowest BCUT2D eigenvalue weighted by Gasteiger charge is -2.47. The largest absolute Gasteiger partial charge is 0.486 e. The number of benzene rings is 1. The second kappa shape index (κ2) is 4.21. The van der Waals surface area contributed by atoms with Crippen molar-refractivity contribution in [2.75, 3.05) is 5.75 Å². The van der Waals surface area contributed by atoms with Crippen LogP contribution < -0.4 is 10.5 Å². The first-order chi connectivity index (χ1) is 8.21. The van der Waals surface area contributed by atoms with E-state index < -0.39 is 0 Å². The van der Waals surface area contributed by atoms with Crippen molar-refractivity contribution in [3.63, 3.8) is 0 Å². The molecule has 0 aromatic heterocycles. The lowest BCUT2D eigenvalue weighted by molar-refractivity contribution is 0.0256. The van der Waals surface area contributed by atoms with Crippen LogP contribution in [0.25, 0.3) is 0 Å². The predicted molar refractivity (Wildman–Crippen MR) is 72.5 cm³/mol. The number of hydrogen-bond donors (Lipinski definition) is 1. The highest BCUT2D eigenvalue weighted by Crippen LogP contribution is 2.47. The molecule has 92 valence electrons. The van der Waals surface area contributed by atoms with Gasteiger partial charge in [0.1, 0.15) is 11.4 Å². The monoisotopic (exact) mass is 249 g/mol. The molecular weight excluding hydrogens is 230 g/mol. The van der Waals surface area contributed by atoms with E-state index in [0.29, 0.717) is 5.25 Å². The fourth-order valence-corrected chi connectivity index (χ4v) is 4.24. The number of para-hydroxylation sites is 1. The van der Waals surface area contributed by atoms with Gasteiger partial charge in [-0.3, -0.25) is 0 Å². The van der Waals surface area contributed by atoms with Crippen molar-refractivity contribution in [2.45, 2.75) is 43.1 Å². The molecular formula is C14H19NOS. The third kappa shape index (κ3) is 1.85. The van der Waals surface area contributed by atoms with Crippen LogP contribution in [0.5, 0.6) is 5.75 Å². The lowest BCUT2D eigenvalue weighted by atomic mass is 9.82. The standard InChI is InChI=1S/C14H19NOS/c1-10-14(7-4-8-17-10)9-12(15)11-5-2-3-6-13(11)16-14/h2-3,5-6,10,12H,4,7-9,15H2,1H3/t10?,12-,14?/m1/s1. The molecule has 1 aromatic carbocycles. The van der Waals surface area contributed by atoms with Crippen LogP contribution in [0, 0.1) is 0 Å². The summed E-state index contributed by atoms with van der Waals surface area (Å²) in [5.74, 6) is 2.25. The molecule has 0 saturated carbocycles. The van der Waals surface area contributed by atoms with Crippen molar-refractivity contribution in [1.29, 1.82) is 0 Å². The van der Waals surface area contributed by atoms with Gasteiger partial charge in [-0.25, -0.2) is 0 Å². The van der Waals surface area contributed by atoms with Crippen LogP contribution in [0.2, 0.25) is 0 Å². The Hall–Kier alpha value is -0.670.